The lowest BCUT2D eigenvalue weighted by atomic mass is 10.0. The number of nitrogens with zero attached hydrogens (tertiary/aromatic N) is 1. The predicted molar refractivity (Wildman–Crippen MR) is 109 cm³/mol. The number of aryl methyl sites for hydroxylation is 1. The number of aromatic amines is 1. The summed E-state index contributed by atoms with van der Waals surface area (Å²) in [5.41, 5.74) is 3.59. The van der Waals surface area contributed by atoms with E-state index in [0.29, 0.717) is 22.0 Å². The zero-order valence-corrected chi connectivity index (χ0v) is 16.0. The van der Waals surface area contributed by atoms with Gasteiger partial charge in [-0.1, -0.05) is 30.3 Å². The highest BCUT2D eigenvalue weighted by atomic mass is 19.4. The second-order valence-corrected chi connectivity index (χ2v) is 7.03. The monoisotopic (exact) mass is 409 g/mol. The van der Waals surface area contributed by atoms with E-state index in [1.165, 1.54) is 6.20 Å². The van der Waals surface area contributed by atoms with Crippen LogP contribution in [0.4, 0.5) is 13.2 Å². The van der Waals surface area contributed by atoms with E-state index in [4.69, 9.17) is 0 Å². The molecule has 0 unspecified atom stereocenters. The van der Waals surface area contributed by atoms with E-state index in [1.807, 2.05) is 31.2 Å². The van der Waals surface area contributed by atoms with Crippen LogP contribution in [0.5, 0.6) is 0 Å². The van der Waals surface area contributed by atoms with Crippen LogP contribution in [0.1, 0.15) is 27.2 Å². The number of hydrogen-bond donors (Lipinski definition) is 2. The van der Waals surface area contributed by atoms with Crippen LogP contribution < -0.4 is 5.32 Å². The van der Waals surface area contributed by atoms with Gasteiger partial charge in [-0.05, 0) is 48.4 Å². The van der Waals surface area contributed by atoms with Crippen LogP contribution >= 0.6 is 0 Å². The summed E-state index contributed by atoms with van der Waals surface area (Å²) in [4.78, 5) is 19.2. The van der Waals surface area contributed by atoms with Crippen molar-refractivity contribution in [1.29, 1.82) is 0 Å². The van der Waals surface area contributed by atoms with Crippen LogP contribution in [-0.2, 0) is 12.7 Å². The SMILES string of the molecule is Cc1ccccc1-c1ccc(C(=O)NCc2ccc3[nH]c(C(F)(F)F)cc3c2)cn1. The fraction of sp³-hybridized carbons (Fsp3) is 0.130. The summed E-state index contributed by atoms with van der Waals surface area (Å²) in [5, 5.41) is 3.22. The molecule has 2 N–H and O–H groups in total. The molecule has 0 atom stereocenters. The van der Waals surface area contributed by atoms with Gasteiger partial charge in [0, 0.05) is 29.2 Å². The average Bonchev–Trinajstić information content (AvgIpc) is 3.16. The molecule has 1 amide bonds. The highest BCUT2D eigenvalue weighted by Gasteiger charge is 2.32. The Hall–Kier alpha value is -3.61. The Morgan fingerprint density at radius 2 is 1.87 bits per heavy atom. The van der Waals surface area contributed by atoms with Crippen molar-refractivity contribution in [2.75, 3.05) is 0 Å². The van der Waals surface area contributed by atoms with Gasteiger partial charge in [0.1, 0.15) is 5.69 Å². The van der Waals surface area contributed by atoms with E-state index in [2.05, 4.69) is 15.3 Å². The zero-order valence-electron chi connectivity index (χ0n) is 16.0. The molecular weight excluding hydrogens is 391 g/mol. The second-order valence-electron chi connectivity index (χ2n) is 7.03. The molecule has 0 fully saturated rings. The molecule has 0 aliphatic rings. The number of rotatable bonds is 4. The van der Waals surface area contributed by atoms with E-state index in [9.17, 15) is 18.0 Å². The number of carbonyl (C=O) groups is 1. The molecule has 4 aromatic rings. The van der Waals surface area contributed by atoms with E-state index < -0.39 is 11.9 Å². The number of carbonyl (C=O) groups excluding carboxylic acids is 1. The van der Waals surface area contributed by atoms with Gasteiger partial charge in [0.05, 0.1) is 11.3 Å². The van der Waals surface area contributed by atoms with Crippen molar-refractivity contribution in [2.24, 2.45) is 0 Å². The van der Waals surface area contributed by atoms with Gasteiger partial charge in [-0.15, -0.1) is 0 Å². The van der Waals surface area contributed by atoms with Crippen molar-refractivity contribution in [2.45, 2.75) is 19.6 Å². The lowest BCUT2D eigenvalue weighted by Gasteiger charge is -2.08. The topological polar surface area (TPSA) is 57.8 Å². The van der Waals surface area contributed by atoms with Crippen molar-refractivity contribution >= 4 is 16.8 Å². The molecule has 0 aliphatic heterocycles. The van der Waals surface area contributed by atoms with Crippen LogP contribution in [0, 0.1) is 6.92 Å². The van der Waals surface area contributed by atoms with Crippen LogP contribution in [-0.4, -0.2) is 15.9 Å². The smallest absolute Gasteiger partial charge is 0.351 e. The first-order valence-corrected chi connectivity index (χ1v) is 9.30. The lowest BCUT2D eigenvalue weighted by molar-refractivity contribution is -0.140. The fourth-order valence-electron chi connectivity index (χ4n) is 3.28. The van der Waals surface area contributed by atoms with Crippen molar-refractivity contribution < 1.29 is 18.0 Å². The Bertz CT molecular complexity index is 1210. The summed E-state index contributed by atoms with van der Waals surface area (Å²) in [5.74, 6) is -0.302. The molecule has 7 heteroatoms. The van der Waals surface area contributed by atoms with Crippen molar-refractivity contribution in [1.82, 2.24) is 15.3 Å². The molecule has 2 aromatic heterocycles. The summed E-state index contributed by atoms with van der Waals surface area (Å²) < 4.78 is 38.5. The van der Waals surface area contributed by atoms with Crippen molar-refractivity contribution in [3.05, 3.63) is 89.2 Å². The molecule has 4 nitrogen and oxygen atoms in total. The van der Waals surface area contributed by atoms with Gasteiger partial charge in [0.2, 0.25) is 0 Å². The molecule has 4 rings (SSSR count). The molecule has 152 valence electrons. The molecule has 0 spiro atoms. The molecule has 2 aromatic carbocycles. The first-order valence-electron chi connectivity index (χ1n) is 9.30. The molecule has 0 aliphatic carbocycles. The van der Waals surface area contributed by atoms with Crippen molar-refractivity contribution in [3.63, 3.8) is 0 Å². The molecule has 0 bridgehead atoms. The number of H-pyrrole nitrogens is 1. The first-order chi connectivity index (χ1) is 14.3. The lowest BCUT2D eigenvalue weighted by Crippen LogP contribution is -2.22. The Labute approximate surface area is 170 Å². The summed E-state index contributed by atoms with van der Waals surface area (Å²) in [7, 11) is 0. The summed E-state index contributed by atoms with van der Waals surface area (Å²) >= 11 is 0. The maximum absolute atomic E-state index is 12.8. The summed E-state index contributed by atoms with van der Waals surface area (Å²) in [6.45, 7) is 2.19. The molecule has 0 radical (unpaired) electrons. The number of aromatic nitrogens is 2. The third kappa shape index (κ3) is 4.05. The van der Waals surface area contributed by atoms with Gasteiger partial charge in [-0.25, -0.2) is 0 Å². The van der Waals surface area contributed by atoms with Gasteiger partial charge >= 0.3 is 6.18 Å². The van der Waals surface area contributed by atoms with Gasteiger partial charge in [-0.3, -0.25) is 9.78 Å². The fourth-order valence-corrected chi connectivity index (χ4v) is 3.28. The van der Waals surface area contributed by atoms with Gasteiger partial charge < -0.3 is 10.3 Å². The van der Waals surface area contributed by atoms with Crippen LogP contribution in [0.3, 0.4) is 0 Å². The van der Waals surface area contributed by atoms with Gasteiger partial charge in [0.25, 0.3) is 5.91 Å². The van der Waals surface area contributed by atoms with E-state index in [-0.39, 0.29) is 12.5 Å². The number of alkyl halides is 3. The number of benzene rings is 2. The maximum Gasteiger partial charge on any atom is 0.431 e. The first kappa shape index (κ1) is 19.7. The number of fused-ring (bicyclic) bond motifs is 1. The minimum Gasteiger partial charge on any atom is -0.351 e. The quantitative estimate of drug-likeness (QED) is 0.468. The Morgan fingerprint density at radius 3 is 2.57 bits per heavy atom. The number of hydrogen-bond acceptors (Lipinski definition) is 2. The highest BCUT2D eigenvalue weighted by Crippen LogP contribution is 2.31. The van der Waals surface area contributed by atoms with Gasteiger partial charge in [-0.2, -0.15) is 13.2 Å². The summed E-state index contributed by atoms with van der Waals surface area (Å²) in [6, 6.07) is 17.3. The van der Waals surface area contributed by atoms with Crippen LogP contribution in [0.2, 0.25) is 0 Å². The maximum atomic E-state index is 12.8. The minimum absolute atomic E-state index is 0.195. The molecule has 0 saturated heterocycles. The van der Waals surface area contributed by atoms with E-state index >= 15 is 0 Å². The van der Waals surface area contributed by atoms with E-state index in [1.54, 1.807) is 30.3 Å². The summed E-state index contributed by atoms with van der Waals surface area (Å²) in [6.07, 6.45) is -2.91. The predicted octanol–water partition coefficient (Wildman–Crippen LogP) is 5.49. The van der Waals surface area contributed by atoms with E-state index in [0.717, 1.165) is 22.9 Å². The molecule has 30 heavy (non-hydrogen) atoms. The largest absolute Gasteiger partial charge is 0.431 e. The number of halogens is 3. The number of amides is 1. The minimum atomic E-state index is -4.43. The zero-order chi connectivity index (χ0) is 21.3. The number of nitrogens with one attached hydrogen (secondary N) is 2. The standard InChI is InChI=1S/C23H18F3N3O/c1-14-4-2-3-5-18(14)20-9-7-16(13-27-20)22(30)28-12-15-6-8-19-17(10-15)11-21(29-19)23(24,25)26/h2-11,13,29H,12H2,1H3,(H,28,30). The molecular formula is C23H18F3N3O. The Morgan fingerprint density at radius 1 is 1.07 bits per heavy atom. The molecule has 2 heterocycles. The normalized spacial score (nSPS) is 11.6. The second kappa shape index (κ2) is 7.67. The third-order valence-electron chi connectivity index (χ3n) is 4.89. The average molecular weight is 409 g/mol. The highest BCUT2D eigenvalue weighted by molar-refractivity contribution is 5.94. The number of pyridine rings is 1. The molecule has 0 saturated carbocycles. The van der Waals surface area contributed by atoms with Gasteiger partial charge in [0.15, 0.2) is 0 Å². The third-order valence-corrected chi connectivity index (χ3v) is 4.89. The Balaban J connectivity index is 1.45. The Kier molecular flexibility index (Phi) is 5.03. The van der Waals surface area contributed by atoms with Crippen molar-refractivity contribution in [3.8, 4) is 11.3 Å². The van der Waals surface area contributed by atoms with Crippen LogP contribution in [0.15, 0.2) is 66.9 Å². The van der Waals surface area contributed by atoms with Crippen LogP contribution in [0.25, 0.3) is 22.2 Å².